The molecule has 1 aliphatic rings. The predicted molar refractivity (Wildman–Crippen MR) is 87.4 cm³/mol. The molecule has 1 atom stereocenters. The minimum atomic E-state index is 0.224. The van der Waals surface area contributed by atoms with Gasteiger partial charge in [-0.05, 0) is 51.2 Å². The fraction of sp³-hybridized carbons (Fsp3) is 0.647. The van der Waals surface area contributed by atoms with Crippen LogP contribution in [0.15, 0.2) is 24.3 Å². The Kier molecular flexibility index (Phi) is 5.48. The van der Waals surface area contributed by atoms with Crippen molar-refractivity contribution in [2.75, 3.05) is 20.6 Å². The first-order chi connectivity index (χ1) is 9.60. The summed E-state index contributed by atoms with van der Waals surface area (Å²) in [4.78, 5) is 2.44. The highest BCUT2D eigenvalue weighted by Crippen LogP contribution is 2.42. The lowest BCUT2D eigenvalue weighted by atomic mass is 9.73. The number of likely N-dealkylation sites (N-methyl/N-ethyl adjacent to an activating group) is 2. The zero-order chi connectivity index (χ0) is 14.6. The minimum absolute atomic E-state index is 0.224. The van der Waals surface area contributed by atoms with E-state index >= 15 is 0 Å². The second kappa shape index (κ2) is 6.93. The van der Waals surface area contributed by atoms with Crippen LogP contribution in [0.1, 0.15) is 50.6 Å². The number of benzene rings is 1. The molecule has 0 aliphatic heterocycles. The second-order valence-corrected chi connectivity index (χ2v) is 6.54. The summed E-state index contributed by atoms with van der Waals surface area (Å²) in [6, 6.07) is 8.74. The fourth-order valence-electron chi connectivity index (χ4n) is 3.64. The molecule has 1 aromatic rings. The Morgan fingerprint density at radius 3 is 2.25 bits per heavy atom. The maximum Gasteiger partial charge on any atom is 0.0506 e. The van der Waals surface area contributed by atoms with Crippen LogP contribution < -0.4 is 5.32 Å². The Morgan fingerprint density at radius 2 is 1.75 bits per heavy atom. The topological polar surface area (TPSA) is 15.3 Å². The zero-order valence-corrected chi connectivity index (χ0v) is 13.7. The summed E-state index contributed by atoms with van der Waals surface area (Å²) in [5, 5.41) is 4.54. The Morgan fingerprint density at radius 1 is 1.15 bits per heavy atom. The van der Waals surface area contributed by atoms with Gasteiger partial charge in [0.1, 0.15) is 0 Å². The number of rotatable bonds is 5. The molecular formula is C17H27ClN2. The average molecular weight is 295 g/mol. The van der Waals surface area contributed by atoms with Crippen molar-refractivity contribution < 1.29 is 0 Å². The van der Waals surface area contributed by atoms with E-state index in [1.807, 2.05) is 12.1 Å². The van der Waals surface area contributed by atoms with E-state index in [0.717, 1.165) is 11.6 Å². The van der Waals surface area contributed by atoms with E-state index < -0.39 is 0 Å². The normalized spacial score (nSPS) is 20.1. The Bertz CT molecular complexity index is 408. The molecule has 0 radical (unpaired) electrons. The molecule has 1 fully saturated rings. The van der Waals surface area contributed by atoms with Crippen molar-refractivity contribution in [3.8, 4) is 0 Å². The smallest absolute Gasteiger partial charge is 0.0506 e. The Hall–Kier alpha value is -0.570. The first-order valence-corrected chi connectivity index (χ1v) is 8.14. The quantitative estimate of drug-likeness (QED) is 0.873. The van der Waals surface area contributed by atoms with E-state index in [4.69, 9.17) is 11.6 Å². The van der Waals surface area contributed by atoms with Gasteiger partial charge in [0.25, 0.3) is 0 Å². The summed E-state index contributed by atoms with van der Waals surface area (Å²) >= 11 is 6.05. The fourth-order valence-corrected chi connectivity index (χ4v) is 3.76. The molecule has 0 spiro atoms. The van der Waals surface area contributed by atoms with Crippen molar-refractivity contribution in [1.82, 2.24) is 10.2 Å². The van der Waals surface area contributed by atoms with E-state index in [1.54, 1.807) is 0 Å². The average Bonchev–Trinajstić information content (AvgIpc) is 2.46. The lowest BCUT2D eigenvalue weighted by Gasteiger charge is -2.49. The SMILES string of the molecule is CCNC(c1ccc(Cl)cc1)C1(N(C)C)CCCCC1. The molecule has 0 aromatic heterocycles. The summed E-state index contributed by atoms with van der Waals surface area (Å²) in [6.45, 7) is 3.18. The lowest BCUT2D eigenvalue weighted by molar-refractivity contribution is 0.0570. The Labute approximate surface area is 128 Å². The first kappa shape index (κ1) is 15.8. The van der Waals surface area contributed by atoms with Crippen LogP contribution >= 0.6 is 11.6 Å². The highest BCUT2D eigenvalue weighted by molar-refractivity contribution is 6.30. The molecule has 2 nitrogen and oxygen atoms in total. The van der Waals surface area contributed by atoms with Gasteiger partial charge in [-0.2, -0.15) is 0 Å². The van der Waals surface area contributed by atoms with Crippen LogP contribution in [0.25, 0.3) is 0 Å². The van der Waals surface area contributed by atoms with Gasteiger partial charge < -0.3 is 10.2 Å². The van der Waals surface area contributed by atoms with Gasteiger partial charge in [-0.1, -0.05) is 49.9 Å². The van der Waals surface area contributed by atoms with Gasteiger partial charge in [0.05, 0.1) is 6.04 Å². The van der Waals surface area contributed by atoms with Gasteiger partial charge in [0.2, 0.25) is 0 Å². The third kappa shape index (κ3) is 3.19. The zero-order valence-electron chi connectivity index (χ0n) is 13.0. The molecule has 3 heteroatoms. The third-order valence-corrected chi connectivity index (χ3v) is 5.01. The molecular weight excluding hydrogens is 268 g/mol. The standard InChI is InChI=1S/C17H27ClN2/c1-4-19-16(14-8-10-15(18)11-9-14)17(20(2)3)12-6-5-7-13-17/h8-11,16,19H,4-7,12-13H2,1-3H3. The summed E-state index contributed by atoms with van der Waals surface area (Å²) in [7, 11) is 4.46. The molecule has 0 bridgehead atoms. The van der Waals surface area contributed by atoms with Crippen LogP contribution in [0.3, 0.4) is 0 Å². The van der Waals surface area contributed by atoms with E-state index in [1.165, 1.54) is 37.7 Å². The van der Waals surface area contributed by atoms with Crippen molar-refractivity contribution in [1.29, 1.82) is 0 Å². The number of nitrogens with zero attached hydrogens (tertiary/aromatic N) is 1. The number of nitrogens with one attached hydrogen (secondary N) is 1. The van der Waals surface area contributed by atoms with Crippen molar-refractivity contribution in [2.45, 2.75) is 50.6 Å². The monoisotopic (exact) mass is 294 g/mol. The molecule has 1 N–H and O–H groups in total. The molecule has 0 saturated heterocycles. The van der Waals surface area contributed by atoms with Crippen LogP contribution in [-0.2, 0) is 0 Å². The summed E-state index contributed by atoms with van der Waals surface area (Å²) in [6.07, 6.45) is 6.55. The highest BCUT2D eigenvalue weighted by atomic mass is 35.5. The molecule has 112 valence electrons. The van der Waals surface area contributed by atoms with Crippen LogP contribution in [-0.4, -0.2) is 31.1 Å². The van der Waals surface area contributed by atoms with E-state index in [2.05, 4.69) is 43.4 Å². The maximum atomic E-state index is 6.05. The van der Waals surface area contributed by atoms with E-state index in [0.29, 0.717) is 6.04 Å². The third-order valence-electron chi connectivity index (χ3n) is 4.76. The summed E-state index contributed by atoms with van der Waals surface area (Å²) in [5.41, 5.74) is 1.58. The molecule has 1 aliphatic carbocycles. The number of hydrogen-bond acceptors (Lipinski definition) is 2. The van der Waals surface area contributed by atoms with Gasteiger partial charge in [0, 0.05) is 10.6 Å². The van der Waals surface area contributed by atoms with Crippen molar-refractivity contribution in [2.24, 2.45) is 0 Å². The molecule has 0 amide bonds. The number of hydrogen-bond donors (Lipinski definition) is 1. The van der Waals surface area contributed by atoms with E-state index in [-0.39, 0.29) is 5.54 Å². The Balaban J connectivity index is 2.35. The summed E-state index contributed by atoms with van der Waals surface area (Å²) < 4.78 is 0. The minimum Gasteiger partial charge on any atom is -0.309 e. The molecule has 20 heavy (non-hydrogen) atoms. The lowest BCUT2D eigenvalue weighted by Crippen LogP contribution is -2.54. The van der Waals surface area contributed by atoms with Crippen molar-refractivity contribution in [3.05, 3.63) is 34.9 Å². The predicted octanol–water partition coefficient (Wildman–Crippen LogP) is 4.26. The van der Waals surface area contributed by atoms with Gasteiger partial charge in [-0.25, -0.2) is 0 Å². The maximum absolute atomic E-state index is 6.05. The molecule has 1 unspecified atom stereocenters. The van der Waals surface area contributed by atoms with Crippen molar-refractivity contribution >= 4 is 11.6 Å². The van der Waals surface area contributed by atoms with E-state index in [9.17, 15) is 0 Å². The molecule has 1 aromatic carbocycles. The molecule has 0 heterocycles. The van der Waals surface area contributed by atoms with Gasteiger partial charge in [-0.3, -0.25) is 0 Å². The van der Waals surface area contributed by atoms with Crippen molar-refractivity contribution in [3.63, 3.8) is 0 Å². The highest BCUT2D eigenvalue weighted by Gasteiger charge is 2.42. The largest absolute Gasteiger partial charge is 0.309 e. The van der Waals surface area contributed by atoms with Gasteiger partial charge in [0.15, 0.2) is 0 Å². The van der Waals surface area contributed by atoms with Crippen LogP contribution in [0.2, 0.25) is 5.02 Å². The van der Waals surface area contributed by atoms with Gasteiger partial charge in [-0.15, -0.1) is 0 Å². The first-order valence-electron chi connectivity index (χ1n) is 7.76. The van der Waals surface area contributed by atoms with Gasteiger partial charge >= 0.3 is 0 Å². The van der Waals surface area contributed by atoms with Crippen LogP contribution in [0.5, 0.6) is 0 Å². The molecule has 1 saturated carbocycles. The second-order valence-electron chi connectivity index (χ2n) is 6.10. The number of halogens is 1. The summed E-state index contributed by atoms with van der Waals surface area (Å²) in [5.74, 6) is 0. The van der Waals surface area contributed by atoms with Crippen LogP contribution in [0.4, 0.5) is 0 Å². The van der Waals surface area contributed by atoms with Crippen LogP contribution in [0, 0.1) is 0 Å². The molecule has 2 rings (SSSR count).